The fourth-order valence-corrected chi connectivity index (χ4v) is 3.39. The van der Waals surface area contributed by atoms with Crippen molar-refractivity contribution in [1.82, 2.24) is 4.90 Å². The van der Waals surface area contributed by atoms with E-state index in [4.69, 9.17) is 9.15 Å². The molecule has 0 saturated carbocycles. The topological polar surface area (TPSA) is 88.8 Å². The van der Waals surface area contributed by atoms with Gasteiger partial charge in [0.2, 0.25) is 0 Å². The van der Waals surface area contributed by atoms with Crippen molar-refractivity contribution in [3.63, 3.8) is 0 Å². The number of hydrogen-bond acceptors (Lipinski definition) is 6. The second-order valence-corrected chi connectivity index (χ2v) is 6.57. The summed E-state index contributed by atoms with van der Waals surface area (Å²) in [6.07, 6.45) is 0. The van der Waals surface area contributed by atoms with Gasteiger partial charge in [-0.25, -0.2) is 4.79 Å². The molecule has 0 saturated heterocycles. The number of aryl methyl sites for hydroxylation is 1. The van der Waals surface area contributed by atoms with Gasteiger partial charge in [0.1, 0.15) is 10.8 Å². The van der Waals surface area contributed by atoms with Gasteiger partial charge in [-0.1, -0.05) is 0 Å². The molecule has 0 fully saturated rings. The molecule has 0 unspecified atom stereocenters. The van der Waals surface area contributed by atoms with Crippen molar-refractivity contribution in [2.24, 2.45) is 0 Å². The highest BCUT2D eigenvalue weighted by Crippen LogP contribution is 2.34. The predicted molar refractivity (Wildman–Crippen MR) is 94.4 cm³/mol. The lowest BCUT2D eigenvalue weighted by Crippen LogP contribution is -2.21. The second-order valence-electron chi connectivity index (χ2n) is 5.54. The van der Waals surface area contributed by atoms with Crippen LogP contribution in [0.4, 0.5) is 5.00 Å². The fourth-order valence-electron chi connectivity index (χ4n) is 2.18. The van der Waals surface area contributed by atoms with E-state index in [1.807, 2.05) is 0 Å². The Kier molecular flexibility index (Phi) is 5.63. The van der Waals surface area contributed by atoms with Gasteiger partial charge < -0.3 is 19.4 Å². The first-order chi connectivity index (χ1) is 11.8. The molecule has 0 bridgehead atoms. The number of carbonyl (C=O) groups is 3. The molecule has 2 amide bonds. The molecule has 0 radical (unpaired) electrons. The molecule has 8 heteroatoms. The Bertz CT molecular complexity index is 819. The van der Waals surface area contributed by atoms with Crippen molar-refractivity contribution in [3.8, 4) is 0 Å². The molecule has 0 aliphatic heterocycles. The number of furan rings is 1. The molecule has 0 aliphatic rings. The Hall–Kier alpha value is -2.61. The number of nitrogens with zero attached hydrogens (tertiary/aromatic N) is 1. The third-order valence-electron chi connectivity index (χ3n) is 3.42. The smallest absolute Gasteiger partial charge is 0.341 e. The quantitative estimate of drug-likeness (QED) is 0.824. The summed E-state index contributed by atoms with van der Waals surface area (Å²) in [6, 6.07) is 3.21. The van der Waals surface area contributed by atoms with Crippen molar-refractivity contribution in [3.05, 3.63) is 39.7 Å². The van der Waals surface area contributed by atoms with Crippen LogP contribution in [0.3, 0.4) is 0 Å². The van der Waals surface area contributed by atoms with Crippen molar-refractivity contribution in [2.45, 2.75) is 20.8 Å². The van der Waals surface area contributed by atoms with Crippen LogP contribution in [-0.4, -0.2) is 43.4 Å². The minimum atomic E-state index is -0.583. The largest absolute Gasteiger partial charge is 0.462 e. The lowest BCUT2D eigenvalue weighted by Gasteiger charge is -2.09. The zero-order valence-electron chi connectivity index (χ0n) is 14.8. The molecule has 134 valence electrons. The minimum Gasteiger partial charge on any atom is -0.462 e. The van der Waals surface area contributed by atoms with E-state index in [-0.39, 0.29) is 28.8 Å². The molecular weight excluding hydrogens is 344 g/mol. The van der Waals surface area contributed by atoms with Gasteiger partial charge >= 0.3 is 5.97 Å². The molecule has 7 nitrogen and oxygen atoms in total. The normalized spacial score (nSPS) is 10.4. The Balaban J connectivity index is 2.44. The average molecular weight is 364 g/mol. The third kappa shape index (κ3) is 3.90. The summed E-state index contributed by atoms with van der Waals surface area (Å²) in [4.78, 5) is 38.7. The molecular formula is C17H20N2O5S. The van der Waals surface area contributed by atoms with Gasteiger partial charge in [-0.05, 0) is 38.5 Å². The van der Waals surface area contributed by atoms with E-state index in [1.165, 1.54) is 4.90 Å². The van der Waals surface area contributed by atoms with Crippen molar-refractivity contribution in [1.29, 1.82) is 0 Å². The Labute approximate surface area is 149 Å². The van der Waals surface area contributed by atoms with E-state index >= 15 is 0 Å². The van der Waals surface area contributed by atoms with Gasteiger partial charge in [0.05, 0.1) is 17.0 Å². The first-order valence-electron chi connectivity index (χ1n) is 7.66. The molecule has 25 heavy (non-hydrogen) atoms. The first kappa shape index (κ1) is 18.7. The van der Waals surface area contributed by atoms with E-state index in [0.717, 1.165) is 11.3 Å². The van der Waals surface area contributed by atoms with E-state index in [1.54, 1.807) is 47.0 Å². The maximum absolute atomic E-state index is 12.3. The van der Waals surface area contributed by atoms with Gasteiger partial charge in [0, 0.05) is 14.1 Å². The monoisotopic (exact) mass is 364 g/mol. The lowest BCUT2D eigenvalue weighted by molar-refractivity contribution is 0.0527. The molecule has 1 N–H and O–H groups in total. The fraction of sp³-hybridized carbons (Fsp3) is 0.353. The van der Waals surface area contributed by atoms with Gasteiger partial charge in [-0.3, -0.25) is 9.59 Å². The summed E-state index contributed by atoms with van der Waals surface area (Å²) in [6.45, 7) is 5.27. The summed E-state index contributed by atoms with van der Waals surface area (Å²) in [5.41, 5.74) is 0.668. The molecule has 0 aliphatic carbocycles. The first-order valence-corrected chi connectivity index (χ1v) is 8.47. The van der Waals surface area contributed by atoms with Crippen LogP contribution in [-0.2, 0) is 4.74 Å². The van der Waals surface area contributed by atoms with E-state index in [2.05, 4.69) is 5.32 Å². The molecule has 2 aromatic rings. The van der Waals surface area contributed by atoms with E-state index in [9.17, 15) is 14.4 Å². The minimum absolute atomic E-state index is 0.124. The van der Waals surface area contributed by atoms with Crippen LogP contribution < -0.4 is 5.32 Å². The van der Waals surface area contributed by atoms with Gasteiger partial charge in [0.25, 0.3) is 11.8 Å². The molecule has 0 atom stereocenters. The highest BCUT2D eigenvalue weighted by molar-refractivity contribution is 7.18. The van der Waals surface area contributed by atoms with Gasteiger partial charge in [-0.2, -0.15) is 0 Å². The van der Waals surface area contributed by atoms with Gasteiger partial charge in [-0.15, -0.1) is 11.3 Å². The molecule has 0 aromatic carbocycles. The van der Waals surface area contributed by atoms with Crippen LogP contribution in [0.15, 0.2) is 16.5 Å². The Morgan fingerprint density at radius 3 is 2.44 bits per heavy atom. The van der Waals surface area contributed by atoms with Crippen molar-refractivity contribution >= 4 is 34.1 Å². The zero-order valence-corrected chi connectivity index (χ0v) is 15.6. The zero-order chi connectivity index (χ0) is 18.7. The SMILES string of the molecule is CCOC(=O)c1c(NC(=O)c2ccc(C)o2)sc(C(=O)N(C)C)c1C. The van der Waals surface area contributed by atoms with Crippen LogP contribution >= 0.6 is 11.3 Å². The summed E-state index contributed by atoms with van der Waals surface area (Å²) < 4.78 is 10.4. The number of esters is 1. The Morgan fingerprint density at radius 2 is 1.92 bits per heavy atom. The second kappa shape index (κ2) is 7.52. The molecule has 2 heterocycles. The van der Waals surface area contributed by atoms with Crippen LogP contribution in [0, 0.1) is 13.8 Å². The summed E-state index contributed by atoms with van der Waals surface area (Å²) in [5.74, 6) is -0.605. The number of carbonyl (C=O) groups excluding carboxylic acids is 3. The van der Waals surface area contributed by atoms with Crippen LogP contribution in [0.1, 0.15) is 48.8 Å². The molecule has 2 rings (SSSR count). The number of nitrogens with one attached hydrogen (secondary N) is 1. The third-order valence-corrected chi connectivity index (χ3v) is 4.61. The number of thiophene rings is 1. The van der Waals surface area contributed by atoms with E-state index in [0.29, 0.717) is 16.2 Å². The standard InChI is InChI=1S/C17H20N2O5S/c1-6-23-17(22)12-10(3)13(16(21)19(4)5)25-15(12)18-14(20)11-8-7-9(2)24-11/h7-8H,6H2,1-5H3,(H,18,20). The van der Waals surface area contributed by atoms with Crippen LogP contribution in [0.2, 0.25) is 0 Å². The number of ether oxygens (including phenoxy) is 1. The highest BCUT2D eigenvalue weighted by atomic mass is 32.1. The number of amides is 2. The molecule has 2 aromatic heterocycles. The summed E-state index contributed by atoms with van der Waals surface area (Å²) in [7, 11) is 3.24. The maximum Gasteiger partial charge on any atom is 0.341 e. The lowest BCUT2D eigenvalue weighted by atomic mass is 10.1. The summed E-state index contributed by atoms with van der Waals surface area (Å²) in [5, 5.41) is 2.91. The van der Waals surface area contributed by atoms with Crippen molar-refractivity contribution < 1.29 is 23.5 Å². The van der Waals surface area contributed by atoms with Crippen molar-refractivity contribution in [2.75, 3.05) is 26.0 Å². The predicted octanol–water partition coefficient (Wildman–Crippen LogP) is 3.09. The molecule has 0 spiro atoms. The Morgan fingerprint density at radius 1 is 1.24 bits per heavy atom. The number of rotatable bonds is 5. The average Bonchev–Trinajstić information content (AvgIpc) is 3.10. The van der Waals surface area contributed by atoms with E-state index < -0.39 is 11.9 Å². The van der Waals surface area contributed by atoms with Crippen LogP contribution in [0.25, 0.3) is 0 Å². The summed E-state index contributed by atoms with van der Waals surface area (Å²) >= 11 is 1.04. The number of hydrogen-bond donors (Lipinski definition) is 1. The number of anilines is 1. The maximum atomic E-state index is 12.3. The van der Waals surface area contributed by atoms with Crippen LogP contribution in [0.5, 0.6) is 0 Å². The van der Waals surface area contributed by atoms with Gasteiger partial charge in [0.15, 0.2) is 5.76 Å². The highest BCUT2D eigenvalue weighted by Gasteiger charge is 2.27.